The van der Waals surface area contributed by atoms with Crippen LogP contribution in [0.4, 0.5) is 10.1 Å². The van der Waals surface area contributed by atoms with Crippen molar-refractivity contribution in [3.63, 3.8) is 0 Å². The minimum absolute atomic E-state index is 0.00343. The fraction of sp³-hybridized carbons (Fsp3) is 0.630. The maximum absolute atomic E-state index is 14.3. The van der Waals surface area contributed by atoms with Crippen LogP contribution in [-0.4, -0.2) is 59.6 Å². The highest BCUT2D eigenvalue weighted by atomic mass is 19.1. The number of carbonyl (C=O) groups is 3. The van der Waals surface area contributed by atoms with Gasteiger partial charge in [0.15, 0.2) is 6.61 Å². The average molecular weight is 498 g/mol. The number of carbonyl (C=O) groups excluding carboxylic acids is 3. The van der Waals surface area contributed by atoms with E-state index in [1.807, 2.05) is 6.07 Å². The molecule has 8 nitrogen and oxygen atoms in total. The van der Waals surface area contributed by atoms with E-state index in [0.717, 1.165) is 24.2 Å². The second kappa shape index (κ2) is 9.81. The van der Waals surface area contributed by atoms with Gasteiger partial charge < -0.3 is 19.6 Å². The number of halogens is 1. The molecule has 6 rings (SSSR count). The predicted molar refractivity (Wildman–Crippen MR) is 127 cm³/mol. The molecule has 2 atom stereocenters. The van der Waals surface area contributed by atoms with Crippen LogP contribution >= 0.6 is 0 Å². The van der Waals surface area contributed by atoms with E-state index in [1.165, 1.54) is 42.4 Å². The summed E-state index contributed by atoms with van der Waals surface area (Å²) in [5.41, 5.74) is -0.449. The van der Waals surface area contributed by atoms with Crippen molar-refractivity contribution in [1.29, 1.82) is 5.26 Å². The first-order chi connectivity index (χ1) is 17.3. The molecule has 1 aromatic carbocycles. The summed E-state index contributed by atoms with van der Waals surface area (Å²) in [6.45, 7) is -0.616. The lowest BCUT2D eigenvalue weighted by Gasteiger charge is -2.56. The number of β-amino-alcohol motifs (C(OH)–C–C–N with tert-alkyl or cyclic N) is 1. The minimum Gasteiger partial charge on any atom is -0.454 e. The van der Waals surface area contributed by atoms with E-state index in [-0.39, 0.29) is 37.5 Å². The van der Waals surface area contributed by atoms with Crippen LogP contribution < -0.4 is 4.90 Å². The number of benzene rings is 1. The Labute approximate surface area is 210 Å². The third kappa shape index (κ3) is 4.59. The molecule has 2 unspecified atom stereocenters. The summed E-state index contributed by atoms with van der Waals surface area (Å²) in [6, 6.07) is 6.68. The van der Waals surface area contributed by atoms with Gasteiger partial charge in [-0.15, -0.1) is 0 Å². The highest BCUT2D eigenvalue weighted by Gasteiger charge is 2.57. The number of hydrogen-bond acceptors (Lipinski definition) is 6. The molecule has 4 bridgehead atoms. The zero-order valence-electron chi connectivity index (χ0n) is 20.3. The number of nitriles is 1. The van der Waals surface area contributed by atoms with Gasteiger partial charge in [0.2, 0.25) is 5.91 Å². The SMILES string of the molecule is N#CCCN(C(=O)COC(=O)C1CC(O)CN1C(=O)C12CC3CC(CC(C3)C1)C2)c1ccccc1F. The Morgan fingerprint density at radius 2 is 1.75 bits per heavy atom. The fourth-order valence-electron chi connectivity index (χ4n) is 7.46. The molecule has 9 heteroatoms. The molecular weight excluding hydrogens is 465 g/mol. The smallest absolute Gasteiger partial charge is 0.329 e. The summed E-state index contributed by atoms with van der Waals surface area (Å²) >= 11 is 0. The first-order valence-electron chi connectivity index (χ1n) is 12.9. The van der Waals surface area contributed by atoms with Crippen molar-refractivity contribution in [3.8, 4) is 6.07 Å². The van der Waals surface area contributed by atoms with Crippen LogP contribution in [0.15, 0.2) is 24.3 Å². The average Bonchev–Trinajstić information content (AvgIpc) is 3.24. The van der Waals surface area contributed by atoms with E-state index in [4.69, 9.17) is 10.00 Å². The van der Waals surface area contributed by atoms with Crippen molar-refractivity contribution in [1.82, 2.24) is 4.90 Å². The lowest BCUT2D eigenvalue weighted by molar-refractivity contribution is -0.166. The molecule has 2 amide bonds. The Morgan fingerprint density at radius 3 is 2.36 bits per heavy atom. The summed E-state index contributed by atoms with van der Waals surface area (Å²) in [5, 5.41) is 19.3. The summed E-state index contributed by atoms with van der Waals surface area (Å²) in [4.78, 5) is 42.3. The highest BCUT2D eigenvalue weighted by molar-refractivity contribution is 5.96. The Morgan fingerprint density at radius 1 is 1.11 bits per heavy atom. The number of aliphatic hydroxyl groups is 1. The van der Waals surface area contributed by atoms with Gasteiger partial charge in [0, 0.05) is 19.5 Å². The lowest BCUT2D eigenvalue weighted by atomic mass is 9.49. The van der Waals surface area contributed by atoms with Crippen molar-refractivity contribution < 1.29 is 28.6 Å². The Hall–Kier alpha value is -2.99. The van der Waals surface area contributed by atoms with Crippen molar-refractivity contribution in [2.24, 2.45) is 23.2 Å². The van der Waals surface area contributed by atoms with E-state index in [2.05, 4.69) is 0 Å². The lowest BCUT2D eigenvalue weighted by Crippen LogP contribution is -2.56. The van der Waals surface area contributed by atoms with Gasteiger partial charge in [0.1, 0.15) is 11.9 Å². The number of nitrogens with zero attached hydrogens (tertiary/aromatic N) is 3. The zero-order valence-corrected chi connectivity index (χ0v) is 20.3. The van der Waals surface area contributed by atoms with Crippen molar-refractivity contribution in [2.45, 2.75) is 63.5 Å². The topological polar surface area (TPSA) is 111 Å². The molecule has 4 aliphatic carbocycles. The molecule has 4 saturated carbocycles. The number of amides is 2. The molecule has 0 radical (unpaired) electrons. The van der Waals surface area contributed by atoms with E-state index in [0.29, 0.717) is 17.8 Å². The maximum atomic E-state index is 14.3. The van der Waals surface area contributed by atoms with Gasteiger partial charge in [-0.05, 0) is 68.4 Å². The Balaban J connectivity index is 1.26. The van der Waals surface area contributed by atoms with Gasteiger partial charge in [-0.25, -0.2) is 9.18 Å². The number of anilines is 1. The minimum atomic E-state index is -0.950. The summed E-state index contributed by atoms with van der Waals surface area (Å²) in [5.74, 6) is -0.404. The van der Waals surface area contributed by atoms with Crippen molar-refractivity contribution in [2.75, 3.05) is 24.6 Å². The number of likely N-dealkylation sites (tertiary alicyclic amines) is 1. The van der Waals surface area contributed by atoms with Crippen molar-refractivity contribution >= 4 is 23.5 Å². The number of aliphatic hydroxyl groups excluding tert-OH is 1. The number of ether oxygens (including phenoxy) is 1. The Bertz CT molecular complexity index is 1050. The molecule has 0 aromatic heterocycles. The van der Waals surface area contributed by atoms with E-state index in [1.54, 1.807) is 6.07 Å². The van der Waals surface area contributed by atoms with Gasteiger partial charge in [-0.3, -0.25) is 9.59 Å². The number of esters is 1. The van der Waals surface area contributed by atoms with Gasteiger partial charge in [0.25, 0.3) is 5.91 Å². The second-order valence-corrected chi connectivity index (χ2v) is 11.1. The quantitative estimate of drug-likeness (QED) is 0.580. The van der Waals surface area contributed by atoms with Gasteiger partial charge in [-0.1, -0.05) is 12.1 Å². The fourth-order valence-corrected chi connectivity index (χ4v) is 7.46. The van der Waals surface area contributed by atoms with Gasteiger partial charge in [0.05, 0.1) is 29.7 Å². The number of rotatable bonds is 7. The molecule has 192 valence electrons. The van der Waals surface area contributed by atoms with E-state index < -0.39 is 41.9 Å². The van der Waals surface area contributed by atoms with Crippen LogP contribution in [0.2, 0.25) is 0 Å². The Kier molecular flexibility index (Phi) is 6.73. The highest BCUT2D eigenvalue weighted by Crippen LogP contribution is 2.60. The third-order valence-electron chi connectivity index (χ3n) is 8.53. The number of hydrogen-bond donors (Lipinski definition) is 1. The molecule has 5 aliphatic rings. The predicted octanol–water partition coefficient (Wildman–Crippen LogP) is 2.79. The second-order valence-electron chi connectivity index (χ2n) is 11.1. The standard InChI is InChI=1S/C27H32FN3O5/c28-21-4-1-2-5-22(21)30(7-3-6-29)24(33)16-36-25(34)23-11-20(32)15-31(23)26(35)27-12-17-8-18(13-27)10-19(9-17)14-27/h1-2,4-5,17-20,23,32H,3,7-16H2. The molecule has 36 heavy (non-hydrogen) atoms. The molecule has 0 spiro atoms. The largest absolute Gasteiger partial charge is 0.454 e. The van der Waals surface area contributed by atoms with Crippen LogP contribution in [0.25, 0.3) is 0 Å². The molecule has 1 aromatic rings. The molecular formula is C27H32FN3O5. The summed E-state index contributed by atoms with van der Waals surface area (Å²) < 4.78 is 19.6. The van der Waals surface area contributed by atoms with Crippen LogP contribution in [0.3, 0.4) is 0 Å². The van der Waals surface area contributed by atoms with Crippen molar-refractivity contribution in [3.05, 3.63) is 30.1 Å². The summed E-state index contributed by atoms with van der Waals surface area (Å²) in [7, 11) is 0. The summed E-state index contributed by atoms with van der Waals surface area (Å²) in [6.07, 6.45) is 5.32. The maximum Gasteiger partial charge on any atom is 0.329 e. The molecule has 1 N–H and O–H groups in total. The zero-order chi connectivity index (χ0) is 25.4. The molecule has 1 aliphatic heterocycles. The van der Waals surface area contributed by atoms with Gasteiger partial charge >= 0.3 is 5.97 Å². The van der Waals surface area contributed by atoms with Crippen LogP contribution in [-0.2, 0) is 19.1 Å². The van der Waals surface area contributed by atoms with Crippen LogP contribution in [0.5, 0.6) is 0 Å². The van der Waals surface area contributed by atoms with Crippen LogP contribution in [0.1, 0.15) is 51.4 Å². The van der Waals surface area contributed by atoms with Gasteiger partial charge in [-0.2, -0.15) is 5.26 Å². The normalized spacial score (nSPS) is 32.2. The molecule has 1 heterocycles. The first kappa shape index (κ1) is 24.7. The van der Waals surface area contributed by atoms with E-state index in [9.17, 15) is 23.9 Å². The van der Waals surface area contributed by atoms with Crippen LogP contribution in [0, 0.1) is 40.3 Å². The number of para-hydroxylation sites is 1. The third-order valence-corrected chi connectivity index (χ3v) is 8.53. The molecule has 5 fully saturated rings. The first-order valence-corrected chi connectivity index (χ1v) is 12.9. The monoisotopic (exact) mass is 497 g/mol. The molecule has 1 saturated heterocycles. The van der Waals surface area contributed by atoms with E-state index >= 15 is 0 Å².